The molecule has 0 spiro atoms. The van der Waals surface area contributed by atoms with Crippen molar-refractivity contribution >= 4 is 39.1 Å². The molecule has 150 valence electrons. The summed E-state index contributed by atoms with van der Waals surface area (Å²) in [6.45, 7) is 3.94. The molecule has 4 aromatic rings. The predicted octanol–water partition coefficient (Wildman–Crippen LogP) is 6.22. The number of nitrogens with zero attached hydrogens (tertiary/aromatic N) is 3. The Morgan fingerprint density at radius 3 is 2.50 bits per heavy atom. The molecular formula is C23H18BrClN4O. The molecule has 0 bridgehead atoms. The van der Waals surface area contributed by atoms with Gasteiger partial charge in [-0.05, 0) is 61.9 Å². The smallest absolute Gasteiger partial charge is 0.295 e. The number of carbonyl (C=O) groups is 1. The van der Waals surface area contributed by atoms with Crippen LogP contribution in [-0.2, 0) is 0 Å². The molecule has 0 aliphatic carbocycles. The van der Waals surface area contributed by atoms with E-state index in [0.29, 0.717) is 16.5 Å². The number of anilines is 1. The summed E-state index contributed by atoms with van der Waals surface area (Å²) >= 11 is 9.61. The van der Waals surface area contributed by atoms with Crippen LogP contribution >= 0.6 is 27.5 Å². The molecular weight excluding hydrogens is 464 g/mol. The van der Waals surface area contributed by atoms with Crippen LogP contribution in [0.3, 0.4) is 0 Å². The van der Waals surface area contributed by atoms with E-state index in [-0.39, 0.29) is 11.7 Å². The van der Waals surface area contributed by atoms with Crippen LogP contribution in [0, 0.1) is 13.8 Å². The number of hydrogen-bond acceptors (Lipinski definition) is 3. The highest BCUT2D eigenvalue weighted by Gasteiger charge is 2.19. The minimum absolute atomic E-state index is 0.0767. The summed E-state index contributed by atoms with van der Waals surface area (Å²) in [5.74, 6) is 0.237. The summed E-state index contributed by atoms with van der Waals surface area (Å²) in [5.41, 5.74) is 4.35. The molecule has 1 aromatic heterocycles. The third-order valence-electron chi connectivity index (χ3n) is 4.61. The van der Waals surface area contributed by atoms with Crippen molar-refractivity contribution in [2.45, 2.75) is 13.8 Å². The molecule has 30 heavy (non-hydrogen) atoms. The maximum absolute atomic E-state index is 12.9. The molecule has 0 unspecified atom stereocenters. The Bertz CT molecular complexity index is 1230. The Balaban J connectivity index is 1.76. The number of aryl methyl sites for hydroxylation is 2. The highest BCUT2D eigenvalue weighted by Crippen LogP contribution is 2.25. The lowest BCUT2D eigenvalue weighted by molar-refractivity contribution is 0.101. The lowest BCUT2D eigenvalue weighted by atomic mass is 10.2. The number of halogens is 2. The molecule has 1 N–H and O–H groups in total. The van der Waals surface area contributed by atoms with E-state index in [9.17, 15) is 4.79 Å². The Hall–Kier alpha value is -2.96. The molecule has 0 atom stereocenters. The van der Waals surface area contributed by atoms with Gasteiger partial charge in [0.25, 0.3) is 5.91 Å². The molecule has 4 rings (SSSR count). The Kier molecular flexibility index (Phi) is 5.70. The van der Waals surface area contributed by atoms with E-state index < -0.39 is 0 Å². The second-order valence-electron chi connectivity index (χ2n) is 6.93. The second-order valence-corrected chi connectivity index (χ2v) is 8.28. The monoisotopic (exact) mass is 480 g/mol. The van der Waals surface area contributed by atoms with Crippen LogP contribution in [-0.4, -0.2) is 20.7 Å². The van der Waals surface area contributed by atoms with Crippen LogP contribution in [0.1, 0.15) is 21.7 Å². The fourth-order valence-electron chi connectivity index (χ4n) is 3.03. The first-order valence-corrected chi connectivity index (χ1v) is 10.5. The summed E-state index contributed by atoms with van der Waals surface area (Å²) in [5, 5.41) is 7.98. The van der Waals surface area contributed by atoms with Gasteiger partial charge in [0.05, 0.1) is 5.69 Å². The first-order valence-electron chi connectivity index (χ1n) is 9.28. The van der Waals surface area contributed by atoms with Crippen LogP contribution in [0.15, 0.2) is 71.2 Å². The molecule has 0 fully saturated rings. The van der Waals surface area contributed by atoms with Crippen molar-refractivity contribution in [3.05, 3.63) is 93.2 Å². The van der Waals surface area contributed by atoms with Gasteiger partial charge in [-0.15, -0.1) is 5.10 Å². The van der Waals surface area contributed by atoms with Crippen molar-refractivity contribution in [2.24, 2.45) is 0 Å². The van der Waals surface area contributed by atoms with Gasteiger partial charge in [0.15, 0.2) is 5.82 Å². The van der Waals surface area contributed by atoms with Crippen molar-refractivity contribution in [1.29, 1.82) is 0 Å². The number of nitrogens with one attached hydrogen (secondary N) is 1. The van der Waals surface area contributed by atoms with E-state index >= 15 is 0 Å². The van der Waals surface area contributed by atoms with Gasteiger partial charge in [-0.2, -0.15) is 0 Å². The van der Waals surface area contributed by atoms with Crippen LogP contribution in [0.2, 0.25) is 5.02 Å². The number of benzene rings is 3. The molecule has 3 aromatic carbocycles. The van der Waals surface area contributed by atoms with Gasteiger partial charge >= 0.3 is 0 Å². The van der Waals surface area contributed by atoms with Gasteiger partial charge in [-0.1, -0.05) is 57.4 Å². The van der Waals surface area contributed by atoms with Crippen LogP contribution in [0.4, 0.5) is 5.69 Å². The van der Waals surface area contributed by atoms with E-state index in [0.717, 1.165) is 26.9 Å². The highest BCUT2D eigenvalue weighted by molar-refractivity contribution is 9.10. The van der Waals surface area contributed by atoms with Gasteiger partial charge in [0.2, 0.25) is 5.82 Å². The van der Waals surface area contributed by atoms with Crippen molar-refractivity contribution < 1.29 is 4.79 Å². The summed E-state index contributed by atoms with van der Waals surface area (Å²) in [7, 11) is 0. The molecule has 0 aliphatic heterocycles. The van der Waals surface area contributed by atoms with E-state index in [1.54, 1.807) is 16.8 Å². The molecule has 0 saturated carbocycles. The van der Waals surface area contributed by atoms with Gasteiger partial charge < -0.3 is 5.32 Å². The lowest BCUT2D eigenvalue weighted by Crippen LogP contribution is -2.15. The number of aromatic nitrogens is 3. The van der Waals surface area contributed by atoms with Crippen molar-refractivity contribution in [2.75, 3.05) is 5.32 Å². The maximum Gasteiger partial charge on any atom is 0.295 e. The predicted molar refractivity (Wildman–Crippen MR) is 123 cm³/mol. The molecule has 5 nitrogen and oxygen atoms in total. The fourth-order valence-corrected chi connectivity index (χ4v) is 3.70. The molecule has 1 amide bonds. The summed E-state index contributed by atoms with van der Waals surface area (Å²) in [4.78, 5) is 17.4. The SMILES string of the molecule is Cc1ccc(-n2nc(C(=O)Nc3ccc(Br)cc3C)nc2-c2cccc(Cl)c2)cc1. The average molecular weight is 482 g/mol. The summed E-state index contributed by atoms with van der Waals surface area (Å²) in [6.07, 6.45) is 0. The minimum atomic E-state index is -0.380. The summed E-state index contributed by atoms with van der Waals surface area (Å²) in [6, 6.07) is 20.8. The number of hydrogen-bond donors (Lipinski definition) is 1. The third kappa shape index (κ3) is 4.30. The molecule has 1 heterocycles. The average Bonchev–Trinajstić information content (AvgIpc) is 3.16. The Morgan fingerprint density at radius 2 is 1.80 bits per heavy atom. The minimum Gasteiger partial charge on any atom is -0.319 e. The van der Waals surface area contributed by atoms with E-state index in [1.807, 2.05) is 68.4 Å². The zero-order chi connectivity index (χ0) is 21.3. The van der Waals surface area contributed by atoms with E-state index in [2.05, 4.69) is 31.3 Å². The maximum atomic E-state index is 12.9. The van der Waals surface area contributed by atoms with Gasteiger partial charge in [0, 0.05) is 20.7 Å². The highest BCUT2D eigenvalue weighted by atomic mass is 79.9. The number of rotatable bonds is 4. The van der Waals surface area contributed by atoms with Crippen LogP contribution in [0.5, 0.6) is 0 Å². The fraction of sp³-hybridized carbons (Fsp3) is 0.0870. The second kappa shape index (κ2) is 8.42. The zero-order valence-electron chi connectivity index (χ0n) is 16.4. The van der Waals surface area contributed by atoms with Gasteiger partial charge in [-0.3, -0.25) is 4.79 Å². The third-order valence-corrected chi connectivity index (χ3v) is 5.34. The van der Waals surface area contributed by atoms with E-state index in [1.165, 1.54) is 0 Å². The van der Waals surface area contributed by atoms with Crippen LogP contribution in [0.25, 0.3) is 17.1 Å². The standard InChI is InChI=1S/C23H18BrClN4O/c1-14-6-9-19(10-7-14)29-22(16-4-3-5-18(25)13-16)27-21(28-29)23(30)26-20-11-8-17(24)12-15(20)2/h3-13H,1-2H3,(H,26,30). The summed E-state index contributed by atoms with van der Waals surface area (Å²) < 4.78 is 2.61. The normalized spacial score (nSPS) is 10.8. The van der Waals surface area contributed by atoms with Crippen molar-refractivity contribution in [3.63, 3.8) is 0 Å². The largest absolute Gasteiger partial charge is 0.319 e. The quantitative estimate of drug-likeness (QED) is 0.376. The van der Waals surface area contributed by atoms with Crippen molar-refractivity contribution in [1.82, 2.24) is 14.8 Å². The number of amides is 1. The zero-order valence-corrected chi connectivity index (χ0v) is 18.7. The first-order chi connectivity index (χ1) is 14.4. The van der Waals surface area contributed by atoms with E-state index in [4.69, 9.17) is 11.6 Å². The molecule has 7 heteroatoms. The molecule has 0 aliphatic rings. The van der Waals surface area contributed by atoms with Crippen molar-refractivity contribution in [3.8, 4) is 17.1 Å². The molecule has 0 radical (unpaired) electrons. The molecule has 0 saturated heterocycles. The topological polar surface area (TPSA) is 59.8 Å². The van der Waals surface area contributed by atoms with Gasteiger partial charge in [-0.25, -0.2) is 9.67 Å². The van der Waals surface area contributed by atoms with Crippen LogP contribution < -0.4 is 5.32 Å². The first kappa shape index (κ1) is 20.3. The van der Waals surface area contributed by atoms with Gasteiger partial charge in [0.1, 0.15) is 0 Å². The number of carbonyl (C=O) groups excluding carboxylic acids is 1. The lowest BCUT2D eigenvalue weighted by Gasteiger charge is -2.07. The Morgan fingerprint density at radius 1 is 1.03 bits per heavy atom. The Labute approximate surface area is 187 Å².